The predicted octanol–water partition coefficient (Wildman–Crippen LogP) is -5.44. The van der Waals surface area contributed by atoms with Crippen LogP contribution in [0, 0.1) is 0 Å². The highest BCUT2D eigenvalue weighted by Crippen LogP contribution is 2.13. The second-order valence-electron chi connectivity index (χ2n) is 5.06. The molecule has 0 aromatic rings. The molecule has 7 N–H and O–H groups in total. The summed E-state index contributed by atoms with van der Waals surface area (Å²) in [6.07, 6.45) is -18.2. The largest absolute Gasteiger partial charge is 0.479 e. The summed E-state index contributed by atoms with van der Waals surface area (Å²) in [5.74, 6) is -3.57. The minimum Gasteiger partial charge on any atom is -0.479 e. The Kier molecular flexibility index (Phi) is 10.0. The van der Waals surface area contributed by atoms with Gasteiger partial charge >= 0.3 is 11.9 Å². The smallest absolute Gasteiger partial charge is 0.338 e. The Hall–Kier alpha value is -2.00. The molecule has 0 unspecified atom stereocenters. The third kappa shape index (κ3) is 6.06. The number of rotatable bonds is 12. The lowest BCUT2D eigenvalue weighted by molar-refractivity contribution is -0.189. The van der Waals surface area contributed by atoms with Crippen molar-refractivity contribution in [3.05, 3.63) is 0 Å². The van der Waals surface area contributed by atoms with E-state index >= 15 is 0 Å². The highest BCUT2D eigenvalue weighted by atomic mass is 16.6. The summed E-state index contributed by atoms with van der Waals surface area (Å²) in [7, 11) is 0.888. The SMILES string of the molecule is CO[C@@H]([C@H](O)[C@H](C=O)OC(=O)[C@@H](O)[C@@H](O)[C@H](O)[C@@H](O)C=O)[C@H](O)C(=O)O. The first-order valence-electron chi connectivity index (χ1n) is 6.98. The molecule has 0 saturated carbocycles. The summed E-state index contributed by atoms with van der Waals surface area (Å²) in [6, 6.07) is 0. The third-order valence-electron chi connectivity index (χ3n) is 3.30. The minimum absolute atomic E-state index is 0.168. The second kappa shape index (κ2) is 10.9. The Balaban J connectivity index is 5.13. The highest BCUT2D eigenvalue weighted by molar-refractivity contribution is 5.78. The van der Waals surface area contributed by atoms with Crippen molar-refractivity contribution in [2.24, 2.45) is 0 Å². The van der Waals surface area contributed by atoms with Crippen LogP contribution in [0.5, 0.6) is 0 Å². The van der Waals surface area contributed by atoms with Crippen molar-refractivity contribution in [1.29, 1.82) is 0 Å². The van der Waals surface area contributed by atoms with Gasteiger partial charge in [-0.05, 0) is 0 Å². The summed E-state index contributed by atoms with van der Waals surface area (Å²) < 4.78 is 8.93. The molecule has 13 heteroatoms. The molecular formula is C13H20O13. The fraction of sp³-hybridized carbons (Fsp3) is 0.692. The Morgan fingerprint density at radius 1 is 0.846 bits per heavy atom. The van der Waals surface area contributed by atoms with Gasteiger partial charge in [-0.2, -0.15) is 0 Å². The number of hydrogen-bond acceptors (Lipinski definition) is 12. The number of carboxylic acid groups (broad SMARTS) is 1. The van der Waals surface area contributed by atoms with Crippen molar-refractivity contribution >= 4 is 24.5 Å². The molecule has 0 aromatic carbocycles. The number of carbonyl (C=O) groups is 4. The average molecular weight is 384 g/mol. The van der Waals surface area contributed by atoms with E-state index in [4.69, 9.17) is 10.2 Å². The van der Waals surface area contributed by atoms with Crippen LogP contribution in [-0.4, -0.2) is 116 Å². The summed E-state index contributed by atoms with van der Waals surface area (Å²) in [5.41, 5.74) is 0. The number of ether oxygens (including phenoxy) is 2. The van der Waals surface area contributed by atoms with Crippen molar-refractivity contribution < 1.29 is 64.4 Å². The van der Waals surface area contributed by atoms with Crippen LogP contribution >= 0.6 is 0 Å². The van der Waals surface area contributed by atoms with E-state index < -0.39 is 60.8 Å². The number of methoxy groups -OCH3 is 1. The van der Waals surface area contributed by atoms with Crippen LogP contribution in [0.15, 0.2) is 0 Å². The van der Waals surface area contributed by atoms with E-state index in [1.54, 1.807) is 0 Å². The van der Waals surface area contributed by atoms with Crippen molar-refractivity contribution in [2.45, 2.75) is 48.8 Å². The quantitative estimate of drug-likeness (QED) is 0.123. The van der Waals surface area contributed by atoms with Crippen molar-refractivity contribution in [2.75, 3.05) is 7.11 Å². The number of aliphatic carboxylic acids is 1. The van der Waals surface area contributed by atoms with E-state index in [9.17, 15) is 44.7 Å². The van der Waals surface area contributed by atoms with Crippen molar-refractivity contribution in [1.82, 2.24) is 0 Å². The number of hydrogen-bond donors (Lipinski definition) is 7. The summed E-state index contributed by atoms with van der Waals surface area (Å²) in [4.78, 5) is 43.7. The van der Waals surface area contributed by atoms with Crippen LogP contribution in [0.25, 0.3) is 0 Å². The van der Waals surface area contributed by atoms with Gasteiger partial charge in [-0.3, -0.25) is 4.79 Å². The number of esters is 1. The lowest BCUT2D eigenvalue weighted by Crippen LogP contribution is -2.53. The van der Waals surface area contributed by atoms with E-state index in [1.165, 1.54) is 0 Å². The molecule has 0 spiro atoms. The third-order valence-corrected chi connectivity index (χ3v) is 3.30. The topological polar surface area (TPSA) is 228 Å². The Morgan fingerprint density at radius 2 is 1.38 bits per heavy atom. The lowest BCUT2D eigenvalue weighted by atomic mass is 10.0. The summed E-state index contributed by atoms with van der Waals surface area (Å²) >= 11 is 0. The highest BCUT2D eigenvalue weighted by Gasteiger charge is 2.41. The first-order valence-corrected chi connectivity index (χ1v) is 6.98. The molecule has 26 heavy (non-hydrogen) atoms. The fourth-order valence-corrected chi connectivity index (χ4v) is 1.77. The van der Waals surface area contributed by atoms with Gasteiger partial charge in [0, 0.05) is 7.11 Å². The van der Waals surface area contributed by atoms with Gasteiger partial charge in [0.05, 0.1) is 0 Å². The Bertz CT molecular complexity index is 494. The van der Waals surface area contributed by atoms with Crippen LogP contribution in [-0.2, 0) is 28.7 Å². The van der Waals surface area contributed by atoms with Gasteiger partial charge in [0.2, 0.25) is 0 Å². The zero-order chi connectivity index (χ0) is 20.6. The van der Waals surface area contributed by atoms with Crippen LogP contribution in [0.2, 0.25) is 0 Å². The van der Waals surface area contributed by atoms with Gasteiger partial charge < -0.3 is 50.0 Å². The van der Waals surface area contributed by atoms with E-state index in [0.717, 1.165) is 7.11 Å². The number of carboxylic acids is 1. The molecule has 0 saturated heterocycles. The van der Waals surface area contributed by atoms with Gasteiger partial charge in [-0.25, -0.2) is 9.59 Å². The molecule has 0 aromatic heterocycles. The van der Waals surface area contributed by atoms with Crippen LogP contribution in [0.1, 0.15) is 0 Å². The van der Waals surface area contributed by atoms with Gasteiger partial charge in [-0.1, -0.05) is 0 Å². The number of aldehydes is 2. The molecule has 0 bridgehead atoms. The zero-order valence-electron chi connectivity index (χ0n) is 13.4. The van der Waals surface area contributed by atoms with Crippen molar-refractivity contribution in [3.8, 4) is 0 Å². The standard InChI is InChI=1S/C13H20O13/c1-25-11(10(21)12(22)23)7(18)5(3-15)26-13(24)9(20)8(19)6(17)4(16)2-14/h2-11,16-21H,1H3,(H,22,23)/t4-,5-,6+,7+,8-,9-,10-,11-/m0/s1. The van der Waals surface area contributed by atoms with Gasteiger partial charge in [0.15, 0.2) is 30.9 Å². The predicted molar refractivity (Wildman–Crippen MR) is 76.5 cm³/mol. The first-order chi connectivity index (χ1) is 12.0. The molecule has 0 radical (unpaired) electrons. The number of aliphatic hydroxyl groups excluding tert-OH is 6. The molecule has 0 aliphatic rings. The fourth-order valence-electron chi connectivity index (χ4n) is 1.77. The second-order valence-corrected chi connectivity index (χ2v) is 5.06. The molecule has 0 fully saturated rings. The molecule has 0 aliphatic carbocycles. The Morgan fingerprint density at radius 3 is 1.77 bits per heavy atom. The van der Waals surface area contributed by atoms with Crippen LogP contribution < -0.4 is 0 Å². The lowest BCUT2D eigenvalue weighted by Gasteiger charge is -2.29. The maximum atomic E-state index is 11.7. The molecule has 0 heterocycles. The van der Waals surface area contributed by atoms with Crippen molar-refractivity contribution in [3.63, 3.8) is 0 Å². The van der Waals surface area contributed by atoms with E-state index in [0.29, 0.717) is 0 Å². The average Bonchev–Trinajstić information content (AvgIpc) is 2.63. The molecule has 13 nitrogen and oxygen atoms in total. The summed E-state index contributed by atoms with van der Waals surface area (Å²) in [5, 5.41) is 65.3. The maximum Gasteiger partial charge on any atom is 0.338 e. The maximum absolute atomic E-state index is 11.7. The zero-order valence-corrected chi connectivity index (χ0v) is 13.4. The molecule has 8 atom stereocenters. The van der Waals surface area contributed by atoms with Gasteiger partial charge in [-0.15, -0.1) is 0 Å². The van der Waals surface area contributed by atoms with E-state index in [-0.39, 0.29) is 12.6 Å². The molecule has 150 valence electrons. The van der Waals surface area contributed by atoms with Crippen LogP contribution in [0.4, 0.5) is 0 Å². The first kappa shape index (κ1) is 24.0. The van der Waals surface area contributed by atoms with Gasteiger partial charge in [0.1, 0.15) is 30.5 Å². The molecule has 0 rings (SSSR count). The number of carbonyl (C=O) groups excluding carboxylic acids is 3. The van der Waals surface area contributed by atoms with E-state index in [2.05, 4.69) is 9.47 Å². The monoisotopic (exact) mass is 384 g/mol. The van der Waals surface area contributed by atoms with Gasteiger partial charge in [0.25, 0.3) is 0 Å². The molecule has 0 aliphatic heterocycles. The minimum atomic E-state index is -2.54. The molecular weight excluding hydrogens is 364 g/mol. The van der Waals surface area contributed by atoms with E-state index in [1.807, 2.05) is 0 Å². The number of aliphatic hydroxyl groups is 6. The Labute approximate surface area is 146 Å². The molecule has 0 amide bonds. The normalized spacial score (nSPS) is 20.6. The summed E-state index contributed by atoms with van der Waals surface area (Å²) in [6.45, 7) is 0. The van der Waals surface area contributed by atoms with Crippen LogP contribution in [0.3, 0.4) is 0 Å².